The Kier molecular flexibility index (Phi) is 6.02. The van der Waals surface area contributed by atoms with Gasteiger partial charge in [-0.05, 0) is 49.1 Å². The van der Waals surface area contributed by atoms with E-state index in [1.165, 1.54) is 18.2 Å². The number of carbonyl (C=O) groups is 2. The maximum absolute atomic E-state index is 13.6. The summed E-state index contributed by atoms with van der Waals surface area (Å²) in [5.41, 5.74) is 0.0821. The van der Waals surface area contributed by atoms with Crippen molar-refractivity contribution in [3.05, 3.63) is 71.0 Å². The minimum absolute atomic E-state index is 0.0871. The van der Waals surface area contributed by atoms with Crippen LogP contribution in [0, 0.1) is 17.5 Å². The summed E-state index contributed by atoms with van der Waals surface area (Å²) < 4.78 is 40.4. The maximum Gasteiger partial charge on any atom is 0.220 e. The number of halogens is 3. The molecule has 148 valence electrons. The van der Waals surface area contributed by atoms with E-state index >= 15 is 0 Å². The molecule has 1 fully saturated rings. The van der Waals surface area contributed by atoms with Gasteiger partial charge in [-0.25, -0.2) is 13.2 Å². The van der Waals surface area contributed by atoms with Crippen LogP contribution in [0.25, 0.3) is 0 Å². The van der Waals surface area contributed by atoms with Gasteiger partial charge in [0.15, 0.2) is 0 Å². The molecule has 1 unspecified atom stereocenters. The fourth-order valence-corrected chi connectivity index (χ4v) is 3.50. The van der Waals surface area contributed by atoms with Crippen LogP contribution in [-0.4, -0.2) is 17.4 Å². The predicted molar refractivity (Wildman–Crippen MR) is 97.7 cm³/mol. The zero-order valence-corrected chi connectivity index (χ0v) is 15.2. The van der Waals surface area contributed by atoms with Crippen molar-refractivity contribution < 1.29 is 22.8 Å². The molecule has 3 rings (SSSR count). The van der Waals surface area contributed by atoms with Crippen molar-refractivity contribution in [1.29, 1.82) is 0 Å². The van der Waals surface area contributed by atoms with Crippen LogP contribution in [0.4, 0.5) is 13.2 Å². The van der Waals surface area contributed by atoms with E-state index in [0.717, 1.165) is 17.7 Å². The van der Waals surface area contributed by atoms with Gasteiger partial charge in [0.25, 0.3) is 0 Å². The zero-order chi connectivity index (χ0) is 20.1. The van der Waals surface area contributed by atoms with Crippen LogP contribution in [-0.2, 0) is 22.6 Å². The molecule has 0 aliphatic carbocycles. The molecule has 0 bridgehead atoms. The second kappa shape index (κ2) is 8.46. The van der Waals surface area contributed by atoms with Gasteiger partial charge in [0.1, 0.15) is 17.5 Å². The van der Waals surface area contributed by atoms with Gasteiger partial charge in [-0.2, -0.15) is 0 Å². The molecule has 0 spiro atoms. The highest BCUT2D eigenvalue weighted by Gasteiger charge is 2.37. The van der Waals surface area contributed by atoms with E-state index in [1.54, 1.807) is 12.1 Å². The molecule has 2 aromatic carbocycles. The Morgan fingerprint density at radius 2 is 1.75 bits per heavy atom. The van der Waals surface area contributed by atoms with E-state index in [-0.39, 0.29) is 36.2 Å². The molecule has 1 atom stereocenters. The molecule has 2 aromatic rings. The lowest BCUT2D eigenvalue weighted by Crippen LogP contribution is -2.44. The summed E-state index contributed by atoms with van der Waals surface area (Å²) in [6.45, 7) is -0.241. The van der Waals surface area contributed by atoms with Crippen LogP contribution in [0.2, 0.25) is 0 Å². The second-order valence-electron chi connectivity index (χ2n) is 7.11. The minimum Gasteiger partial charge on any atom is -0.352 e. The van der Waals surface area contributed by atoms with E-state index in [9.17, 15) is 22.8 Å². The molecule has 0 saturated carbocycles. The Hall–Kier alpha value is -2.83. The SMILES string of the molecule is O=C(CCC1(Cc2ccc(F)cc2)CCC(=O)N1)NCc1c(F)cccc1F. The molecule has 0 radical (unpaired) electrons. The summed E-state index contributed by atoms with van der Waals surface area (Å²) in [6, 6.07) is 9.56. The molecule has 0 aromatic heterocycles. The lowest BCUT2D eigenvalue weighted by Gasteiger charge is -2.29. The highest BCUT2D eigenvalue weighted by Crippen LogP contribution is 2.29. The number of hydrogen-bond acceptors (Lipinski definition) is 2. The first-order valence-electron chi connectivity index (χ1n) is 9.12. The van der Waals surface area contributed by atoms with E-state index in [4.69, 9.17) is 0 Å². The molecule has 4 nitrogen and oxygen atoms in total. The number of nitrogens with one attached hydrogen (secondary N) is 2. The highest BCUT2D eigenvalue weighted by molar-refractivity contribution is 5.80. The molecule has 28 heavy (non-hydrogen) atoms. The number of carbonyl (C=O) groups excluding carboxylic acids is 2. The molecular formula is C21H21F3N2O2. The fourth-order valence-electron chi connectivity index (χ4n) is 3.50. The zero-order valence-electron chi connectivity index (χ0n) is 15.2. The van der Waals surface area contributed by atoms with E-state index in [1.807, 2.05) is 0 Å². The lowest BCUT2D eigenvalue weighted by atomic mass is 9.85. The summed E-state index contributed by atoms with van der Waals surface area (Å²) in [5, 5.41) is 5.47. The first kappa shape index (κ1) is 19.9. The smallest absolute Gasteiger partial charge is 0.220 e. The topological polar surface area (TPSA) is 58.2 Å². The van der Waals surface area contributed by atoms with Crippen LogP contribution >= 0.6 is 0 Å². The van der Waals surface area contributed by atoms with Gasteiger partial charge in [0, 0.05) is 30.5 Å². The van der Waals surface area contributed by atoms with Crippen LogP contribution in [0.3, 0.4) is 0 Å². The summed E-state index contributed by atoms with van der Waals surface area (Å²) in [7, 11) is 0. The average molecular weight is 390 g/mol. The van der Waals surface area contributed by atoms with Gasteiger partial charge in [0.05, 0.1) is 0 Å². The van der Waals surface area contributed by atoms with Gasteiger partial charge in [-0.15, -0.1) is 0 Å². The van der Waals surface area contributed by atoms with Gasteiger partial charge >= 0.3 is 0 Å². The van der Waals surface area contributed by atoms with Gasteiger partial charge in [0.2, 0.25) is 11.8 Å². The summed E-state index contributed by atoms with van der Waals surface area (Å²) >= 11 is 0. The summed E-state index contributed by atoms with van der Waals surface area (Å²) in [4.78, 5) is 24.0. The summed E-state index contributed by atoms with van der Waals surface area (Å²) in [5.74, 6) is -2.21. The third kappa shape index (κ3) is 4.91. The van der Waals surface area contributed by atoms with Crippen molar-refractivity contribution in [3.8, 4) is 0 Å². The van der Waals surface area contributed by atoms with Crippen LogP contribution in [0.1, 0.15) is 36.8 Å². The molecule has 1 aliphatic heterocycles. The second-order valence-corrected chi connectivity index (χ2v) is 7.11. The monoisotopic (exact) mass is 390 g/mol. The number of amides is 2. The largest absolute Gasteiger partial charge is 0.352 e. The molecule has 2 N–H and O–H groups in total. The molecule has 2 amide bonds. The average Bonchev–Trinajstić information content (AvgIpc) is 3.02. The van der Waals surface area contributed by atoms with Crippen molar-refractivity contribution in [2.75, 3.05) is 0 Å². The van der Waals surface area contributed by atoms with Gasteiger partial charge in [-0.3, -0.25) is 9.59 Å². The highest BCUT2D eigenvalue weighted by atomic mass is 19.1. The van der Waals surface area contributed by atoms with Crippen molar-refractivity contribution in [2.45, 2.75) is 44.2 Å². The van der Waals surface area contributed by atoms with Crippen LogP contribution in [0.15, 0.2) is 42.5 Å². The Morgan fingerprint density at radius 1 is 1.07 bits per heavy atom. The van der Waals surface area contributed by atoms with E-state index in [2.05, 4.69) is 10.6 Å². The maximum atomic E-state index is 13.6. The first-order chi connectivity index (χ1) is 13.4. The van der Waals surface area contributed by atoms with Crippen molar-refractivity contribution in [3.63, 3.8) is 0 Å². The standard InChI is InChI=1S/C21H21F3N2O2/c22-15-6-4-14(5-7-15)12-21(11-9-20(28)26-21)10-8-19(27)25-13-16-17(23)2-1-3-18(16)24/h1-7H,8-13H2,(H,25,27)(H,26,28). The van der Waals surface area contributed by atoms with Crippen LogP contribution < -0.4 is 10.6 Å². The molecular weight excluding hydrogens is 369 g/mol. The van der Waals surface area contributed by atoms with Gasteiger partial charge in [-0.1, -0.05) is 18.2 Å². The Morgan fingerprint density at radius 3 is 2.36 bits per heavy atom. The molecule has 7 heteroatoms. The van der Waals surface area contributed by atoms with Crippen molar-refractivity contribution in [2.24, 2.45) is 0 Å². The third-order valence-electron chi connectivity index (χ3n) is 5.05. The van der Waals surface area contributed by atoms with E-state index in [0.29, 0.717) is 25.7 Å². The first-order valence-corrected chi connectivity index (χ1v) is 9.12. The third-order valence-corrected chi connectivity index (χ3v) is 5.05. The lowest BCUT2D eigenvalue weighted by molar-refractivity contribution is -0.122. The Balaban J connectivity index is 1.60. The van der Waals surface area contributed by atoms with Gasteiger partial charge < -0.3 is 10.6 Å². The number of rotatable bonds is 7. The number of hydrogen-bond donors (Lipinski definition) is 2. The van der Waals surface area contributed by atoms with Crippen molar-refractivity contribution >= 4 is 11.8 Å². The Bertz CT molecular complexity index is 850. The van der Waals surface area contributed by atoms with E-state index < -0.39 is 17.2 Å². The minimum atomic E-state index is -0.712. The van der Waals surface area contributed by atoms with Crippen LogP contribution in [0.5, 0.6) is 0 Å². The quantitative estimate of drug-likeness (QED) is 0.761. The molecule has 1 aliphatic rings. The Labute approximate surface area is 161 Å². The van der Waals surface area contributed by atoms with Crippen molar-refractivity contribution in [1.82, 2.24) is 10.6 Å². The fraction of sp³-hybridized carbons (Fsp3) is 0.333. The number of benzene rings is 2. The normalized spacial score (nSPS) is 18.8. The summed E-state index contributed by atoms with van der Waals surface area (Å²) in [6.07, 6.45) is 1.88. The molecule has 1 saturated heterocycles. The predicted octanol–water partition coefficient (Wildman–Crippen LogP) is 3.39. The molecule has 1 heterocycles.